The molecule has 4 aromatic rings. The summed E-state index contributed by atoms with van der Waals surface area (Å²) in [4.78, 5) is 27.3. The first kappa shape index (κ1) is 65.5. The zero-order chi connectivity index (χ0) is 58.4. The molecule has 9 nitrogen and oxygen atoms in total. The van der Waals surface area contributed by atoms with Gasteiger partial charge in [0.25, 0.3) is 0 Å². The Morgan fingerprint density at radius 2 is 0.487 bits per heavy atom. The van der Waals surface area contributed by atoms with Gasteiger partial charge in [0.15, 0.2) is 0 Å². The Morgan fingerprint density at radius 1 is 0.329 bits per heavy atom. The van der Waals surface area contributed by atoms with E-state index < -0.39 is 15.6 Å². The molecule has 0 aliphatic carbocycles. The Bertz CT molecular complexity index is 2410. The molecule has 0 aromatic heterocycles. The van der Waals surface area contributed by atoms with Gasteiger partial charge in [0.05, 0.1) is 0 Å². The first-order valence-corrected chi connectivity index (χ1v) is 31.0. The molecule has 0 saturated carbocycles. The number of phosphoric acid groups is 2. The van der Waals surface area contributed by atoms with Gasteiger partial charge < -0.3 is 27.9 Å². The van der Waals surface area contributed by atoms with Crippen LogP contribution in [0.25, 0.3) is 0 Å². The summed E-state index contributed by atoms with van der Waals surface area (Å²) in [6.45, 7) is 51.4. The molecule has 4 aromatic carbocycles. The Kier molecular flexibility index (Phi) is 20.0. The minimum atomic E-state index is -4.74. The summed E-state index contributed by atoms with van der Waals surface area (Å²) in [6, 6.07) is 17.0. The van der Waals surface area contributed by atoms with Gasteiger partial charge in [0.2, 0.25) is 0 Å². The van der Waals surface area contributed by atoms with Crippen LogP contribution >= 0.6 is 15.6 Å². The van der Waals surface area contributed by atoms with E-state index in [0.717, 1.165) is 95.9 Å². The molecule has 0 unspecified atom stereocenters. The van der Waals surface area contributed by atoms with Crippen LogP contribution in [0.5, 0.6) is 23.0 Å². The molecule has 0 fully saturated rings. The van der Waals surface area contributed by atoms with E-state index >= 15 is 0 Å². The maximum atomic E-state index is 13.6. The summed E-state index contributed by atoms with van der Waals surface area (Å²) < 4.78 is 57.9. The maximum absolute atomic E-state index is 13.6. The second-order valence-corrected chi connectivity index (χ2v) is 32.2. The zero-order valence-electron chi connectivity index (χ0n) is 51.5. The zero-order valence-corrected chi connectivity index (χ0v) is 54.4. The third kappa shape index (κ3) is 17.0. The second kappa shape index (κ2) is 23.2. The molecule has 2 heterocycles. The summed E-state index contributed by atoms with van der Waals surface area (Å²) in [6.07, 6.45) is 6.74. The average Bonchev–Trinajstić information content (AvgIpc) is 3.26. The minimum absolute atomic E-state index is 0.0693. The Labute approximate surface area is 470 Å². The molecule has 420 valence electrons. The molecule has 2 aliphatic rings. The van der Waals surface area contributed by atoms with Crippen molar-refractivity contribution >= 4 is 32.3 Å². The average molecular weight is 1100 g/mol. The fourth-order valence-electron chi connectivity index (χ4n) is 9.64. The number of aryl methyl sites for hydroxylation is 4. The van der Waals surface area contributed by atoms with E-state index in [1.54, 1.807) is 0 Å². The van der Waals surface area contributed by atoms with Gasteiger partial charge in [-0.05, 0) is 139 Å². The molecule has 6 rings (SSSR count). The molecule has 0 bridgehead atoms. The first-order chi connectivity index (χ1) is 34.2. The number of rotatable bonds is 0. The van der Waals surface area contributed by atoms with Crippen LogP contribution in [0, 0.1) is 0 Å². The molecular formula is C64H97AlO9P2. The third-order valence-electron chi connectivity index (χ3n) is 14.5. The van der Waals surface area contributed by atoms with Crippen molar-refractivity contribution < 1.29 is 41.2 Å². The fourth-order valence-corrected chi connectivity index (χ4v) is 11.5. The van der Waals surface area contributed by atoms with E-state index in [4.69, 9.17) is 22.3 Å². The van der Waals surface area contributed by atoms with Crippen LogP contribution in [0.15, 0.2) is 48.5 Å². The van der Waals surface area contributed by atoms with Gasteiger partial charge in [-0.2, -0.15) is 0 Å². The van der Waals surface area contributed by atoms with Gasteiger partial charge in [-0.25, -0.2) is 9.13 Å². The van der Waals surface area contributed by atoms with Gasteiger partial charge in [-0.1, -0.05) is 215 Å². The molecule has 1 N–H and O–H groups in total. The number of fused-ring (bicyclic) bond motifs is 4. The molecule has 2 aliphatic heterocycles. The van der Waals surface area contributed by atoms with Crippen LogP contribution in [0.3, 0.4) is 0 Å². The number of hydrogen-bond donors (Lipinski definition) is 1. The van der Waals surface area contributed by atoms with Crippen molar-refractivity contribution in [2.45, 2.75) is 261 Å². The predicted molar refractivity (Wildman–Crippen MR) is 314 cm³/mol. The molecule has 0 spiro atoms. The summed E-state index contributed by atoms with van der Waals surface area (Å²) >= 11 is 1.42. The van der Waals surface area contributed by atoms with Crippen LogP contribution in [-0.4, -0.2) is 20.8 Å². The topological polar surface area (TPSA) is 137 Å². The first-order valence-electron chi connectivity index (χ1n) is 27.6. The van der Waals surface area contributed by atoms with E-state index in [2.05, 4.69) is 215 Å². The van der Waals surface area contributed by atoms with Crippen molar-refractivity contribution in [1.29, 1.82) is 0 Å². The van der Waals surface area contributed by atoms with E-state index in [9.17, 15) is 18.9 Å². The van der Waals surface area contributed by atoms with Crippen LogP contribution in [0.1, 0.15) is 259 Å². The predicted octanol–water partition coefficient (Wildman–Crippen LogP) is 16.4. The van der Waals surface area contributed by atoms with Crippen LogP contribution < -0.4 is 27.9 Å². The Hall–Kier alpha value is -3.05. The SMILES string of the molecule is CC(C)(C)c1cc2c(c(C(C)(C)C)c1)OP(=O)([O-])Oc1c(cc(C(C)(C)C)cc1C(C)(C)C)CCCC2.CC(C)(C)c1cc2c(c(C(C)(C)C)c1)OP(=O)([O-])Oc1c(cc(C(C)(C)C)cc1C(C)(C)C)CCCC2.[OH][Al+2]. The molecule has 0 saturated heterocycles. The van der Waals surface area contributed by atoms with Crippen LogP contribution in [0.2, 0.25) is 0 Å². The normalized spacial score (nSPS) is 16.8. The number of phosphoric ester groups is 2. The summed E-state index contributed by atoms with van der Waals surface area (Å²) in [7, 11) is -9.49. The van der Waals surface area contributed by atoms with Crippen molar-refractivity contribution in [2.24, 2.45) is 0 Å². The standard InChI is InChI=1S/2C32H49O4P.Al.H2O/c2*1-29(2,3)23-17-21-15-13-14-16-22-18-24(30(4,5)6)20-26(32(10,11)12)28(22)36-37(33,34)35-27(21)25(19-23)31(7,8)9;;/h2*17-20H,13-16H2,1-12H3,(H,33,34);;1H2/q;;+3;/p-3. The van der Waals surface area contributed by atoms with Gasteiger partial charge in [0, 0.05) is 22.3 Å². The molecule has 0 atom stereocenters. The quantitative estimate of drug-likeness (QED) is 0.135. The number of benzene rings is 4. The van der Waals surface area contributed by atoms with E-state index in [1.165, 1.54) is 38.9 Å². The molecule has 0 radical (unpaired) electrons. The Balaban J connectivity index is 0.000000318. The molecule has 76 heavy (non-hydrogen) atoms. The fraction of sp³-hybridized carbons (Fsp3) is 0.625. The van der Waals surface area contributed by atoms with Crippen LogP contribution in [0.4, 0.5) is 0 Å². The van der Waals surface area contributed by atoms with Gasteiger partial charge in [0.1, 0.15) is 23.0 Å². The van der Waals surface area contributed by atoms with E-state index in [-0.39, 0.29) is 43.3 Å². The van der Waals surface area contributed by atoms with Crippen molar-refractivity contribution in [3.63, 3.8) is 0 Å². The summed E-state index contributed by atoms with van der Waals surface area (Å²) in [5.74, 6) is 1.74. The third-order valence-corrected chi connectivity index (χ3v) is 16.1. The summed E-state index contributed by atoms with van der Waals surface area (Å²) in [5.41, 5.74) is 10.6. The van der Waals surface area contributed by atoms with Gasteiger partial charge in [-0.15, -0.1) is 0 Å². The van der Waals surface area contributed by atoms with E-state index in [1.807, 2.05) is 0 Å². The van der Waals surface area contributed by atoms with Crippen molar-refractivity contribution in [3.05, 3.63) is 115 Å². The van der Waals surface area contributed by atoms with Crippen LogP contribution in [-0.2, 0) is 78.1 Å². The van der Waals surface area contributed by atoms with Crippen molar-refractivity contribution in [3.8, 4) is 23.0 Å². The monoisotopic (exact) mass is 1100 g/mol. The number of hydrogen-bond acceptors (Lipinski definition) is 9. The summed E-state index contributed by atoms with van der Waals surface area (Å²) in [5, 5.41) is 0. The van der Waals surface area contributed by atoms with Crippen molar-refractivity contribution in [1.82, 2.24) is 0 Å². The van der Waals surface area contributed by atoms with Gasteiger partial charge >= 0.3 is 36.4 Å². The van der Waals surface area contributed by atoms with E-state index in [0.29, 0.717) is 23.0 Å². The van der Waals surface area contributed by atoms with Crippen molar-refractivity contribution in [2.75, 3.05) is 0 Å². The Morgan fingerprint density at radius 3 is 0.618 bits per heavy atom. The molecule has 12 heteroatoms. The molecule has 0 amide bonds. The second-order valence-electron chi connectivity index (χ2n) is 29.7. The van der Waals surface area contributed by atoms with Gasteiger partial charge in [-0.3, -0.25) is 0 Å². The molecular weight excluding hydrogens is 1000 g/mol.